The molecular formula is C21H29N7O2. The molecule has 0 bridgehead atoms. The molecule has 160 valence electrons. The largest absolute Gasteiger partial charge is 0.383 e. The number of tetrazole rings is 1. The molecule has 0 saturated carbocycles. The number of aromatic nitrogens is 5. The molecule has 3 heterocycles. The van der Waals surface area contributed by atoms with Gasteiger partial charge in [0.2, 0.25) is 0 Å². The van der Waals surface area contributed by atoms with Crippen LogP contribution >= 0.6 is 0 Å². The van der Waals surface area contributed by atoms with Crippen LogP contribution < -0.4 is 5.56 Å². The van der Waals surface area contributed by atoms with Gasteiger partial charge in [0.15, 0.2) is 5.82 Å². The van der Waals surface area contributed by atoms with Gasteiger partial charge in [-0.1, -0.05) is 12.1 Å². The molecule has 1 atom stereocenters. The van der Waals surface area contributed by atoms with Crippen LogP contribution in [-0.4, -0.2) is 81.9 Å². The van der Waals surface area contributed by atoms with Gasteiger partial charge in [-0.25, -0.2) is 4.68 Å². The second-order valence-electron chi connectivity index (χ2n) is 8.04. The van der Waals surface area contributed by atoms with Crippen LogP contribution in [0, 0.1) is 13.8 Å². The molecule has 0 unspecified atom stereocenters. The number of nitrogens with one attached hydrogen (secondary N) is 1. The number of pyridine rings is 1. The number of hydrogen-bond acceptors (Lipinski definition) is 7. The molecule has 3 aromatic rings. The highest BCUT2D eigenvalue weighted by Crippen LogP contribution is 2.29. The van der Waals surface area contributed by atoms with Crippen molar-refractivity contribution in [2.24, 2.45) is 0 Å². The second kappa shape index (κ2) is 8.63. The Morgan fingerprint density at radius 2 is 1.90 bits per heavy atom. The van der Waals surface area contributed by atoms with Crippen LogP contribution in [0.15, 0.2) is 23.0 Å². The molecule has 9 heteroatoms. The molecule has 9 nitrogen and oxygen atoms in total. The fourth-order valence-corrected chi connectivity index (χ4v) is 4.12. The minimum Gasteiger partial charge on any atom is -0.383 e. The summed E-state index contributed by atoms with van der Waals surface area (Å²) in [6, 6.07) is 5.83. The number of rotatable bonds is 6. The second-order valence-corrected chi connectivity index (χ2v) is 8.04. The van der Waals surface area contributed by atoms with Crippen molar-refractivity contribution in [3.05, 3.63) is 51.1 Å². The van der Waals surface area contributed by atoms with Gasteiger partial charge in [0.25, 0.3) is 5.56 Å². The number of nitrogens with zero attached hydrogens (tertiary/aromatic N) is 6. The molecule has 1 aliphatic heterocycles. The van der Waals surface area contributed by atoms with Gasteiger partial charge in [-0.05, 0) is 48.5 Å². The van der Waals surface area contributed by atoms with Crippen molar-refractivity contribution in [2.75, 3.05) is 46.9 Å². The van der Waals surface area contributed by atoms with Gasteiger partial charge in [0, 0.05) is 44.2 Å². The summed E-state index contributed by atoms with van der Waals surface area (Å²) in [5, 5.41) is 13.5. The summed E-state index contributed by atoms with van der Waals surface area (Å²) < 4.78 is 6.97. The van der Waals surface area contributed by atoms with E-state index in [-0.39, 0.29) is 11.6 Å². The number of aryl methyl sites for hydroxylation is 2. The Morgan fingerprint density at radius 3 is 2.63 bits per heavy atom. The fourth-order valence-electron chi connectivity index (χ4n) is 4.12. The van der Waals surface area contributed by atoms with E-state index in [4.69, 9.17) is 4.74 Å². The Labute approximate surface area is 175 Å². The molecule has 0 aliphatic carbocycles. The Morgan fingerprint density at radius 1 is 1.17 bits per heavy atom. The van der Waals surface area contributed by atoms with Crippen LogP contribution in [0.4, 0.5) is 0 Å². The van der Waals surface area contributed by atoms with E-state index >= 15 is 0 Å². The Hall–Kier alpha value is -2.62. The smallest absolute Gasteiger partial charge is 0.253 e. The Kier molecular flexibility index (Phi) is 5.94. The van der Waals surface area contributed by atoms with E-state index in [1.54, 1.807) is 11.8 Å². The maximum absolute atomic E-state index is 13.3. The summed E-state index contributed by atoms with van der Waals surface area (Å²) in [5.74, 6) is 0.673. The third-order valence-electron chi connectivity index (χ3n) is 5.98. The predicted molar refractivity (Wildman–Crippen MR) is 115 cm³/mol. The first kappa shape index (κ1) is 20.6. The number of piperazine rings is 1. The monoisotopic (exact) mass is 411 g/mol. The fraction of sp³-hybridized carbons (Fsp3) is 0.524. The maximum Gasteiger partial charge on any atom is 0.253 e. The van der Waals surface area contributed by atoms with E-state index < -0.39 is 0 Å². The molecule has 30 heavy (non-hydrogen) atoms. The van der Waals surface area contributed by atoms with Gasteiger partial charge in [0.05, 0.1) is 18.7 Å². The summed E-state index contributed by atoms with van der Waals surface area (Å²) in [7, 11) is 3.77. The van der Waals surface area contributed by atoms with Gasteiger partial charge < -0.3 is 14.6 Å². The molecule has 1 aromatic carbocycles. The highest BCUT2D eigenvalue weighted by molar-refractivity contribution is 5.85. The molecule has 2 aromatic heterocycles. The Bertz CT molecular complexity index is 1080. The predicted octanol–water partition coefficient (Wildman–Crippen LogP) is 1.11. The zero-order chi connectivity index (χ0) is 21.3. The molecule has 1 saturated heterocycles. The molecule has 1 fully saturated rings. The van der Waals surface area contributed by atoms with E-state index in [0.29, 0.717) is 24.5 Å². The highest BCUT2D eigenvalue weighted by atomic mass is 16.5. The van der Waals surface area contributed by atoms with E-state index in [1.807, 2.05) is 19.1 Å². The van der Waals surface area contributed by atoms with Gasteiger partial charge >= 0.3 is 0 Å². The van der Waals surface area contributed by atoms with Crippen molar-refractivity contribution in [1.82, 2.24) is 35.0 Å². The lowest BCUT2D eigenvalue weighted by molar-refractivity contribution is 0.119. The Balaban J connectivity index is 1.86. The van der Waals surface area contributed by atoms with Crippen molar-refractivity contribution in [3.63, 3.8) is 0 Å². The molecular weight excluding hydrogens is 382 g/mol. The van der Waals surface area contributed by atoms with Crippen molar-refractivity contribution < 1.29 is 4.74 Å². The van der Waals surface area contributed by atoms with E-state index in [9.17, 15) is 4.79 Å². The average Bonchev–Trinajstić information content (AvgIpc) is 3.19. The number of hydrogen-bond donors (Lipinski definition) is 1. The lowest BCUT2D eigenvalue weighted by atomic mass is 9.99. The van der Waals surface area contributed by atoms with Gasteiger partial charge in [-0.2, -0.15) is 0 Å². The number of ether oxygens (including phenoxy) is 1. The molecule has 0 amide bonds. The number of methoxy groups -OCH3 is 1. The first-order valence-corrected chi connectivity index (χ1v) is 10.3. The first-order chi connectivity index (χ1) is 14.5. The van der Waals surface area contributed by atoms with E-state index in [0.717, 1.165) is 48.2 Å². The maximum atomic E-state index is 13.3. The topological polar surface area (TPSA) is 92.2 Å². The average molecular weight is 412 g/mol. The molecule has 1 N–H and O–H groups in total. The zero-order valence-electron chi connectivity index (χ0n) is 18.1. The van der Waals surface area contributed by atoms with E-state index in [1.165, 1.54) is 0 Å². The third-order valence-corrected chi connectivity index (χ3v) is 5.98. The van der Waals surface area contributed by atoms with Crippen LogP contribution in [0.3, 0.4) is 0 Å². The number of likely N-dealkylation sites (N-methyl/N-ethyl adjacent to an activating group) is 1. The standard InChI is InChI=1S/C21H29N7O2/c1-14-5-6-15(2)18-16(14)13-17(21(29)22-18)19(27-9-7-26(3)8-10-27)20-23-24-25-28(20)11-12-30-4/h5-6,13,19H,7-12H2,1-4H3,(H,22,29)/t19-/m1/s1. The van der Waals surface area contributed by atoms with Crippen molar-refractivity contribution in [1.29, 1.82) is 0 Å². The SMILES string of the molecule is COCCn1nnnc1[C@@H](c1cc2c(C)ccc(C)c2[nH]c1=O)N1CCN(C)CC1. The van der Waals surface area contributed by atoms with Crippen LogP contribution in [0.1, 0.15) is 28.6 Å². The van der Waals surface area contributed by atoms with Crippen molar-refractivity contribution in [3.8, 4) is 0 Å². The van der Waals surface area contributed by atoms with Crippen LogP contribution in [0.25, 0.3) is 10.9 Å². The molecule has 4 rings (SSSR count). The summed E-state index contributed by atoms with van der Waals surface area (Å²) in [6.45, 7) is 8.65. The summed E-state index contributed by atoms with van der Waals surface area (Å²) in [5.41, 5.74) is 3.65. The number of fused-ring (bicyclic) bond motifs is 1. The van der Waals surface area contributed by atoms with Gasteiger partial charge in [-0.3, -0.25) is 9.69 Å². The molecule has 0 spiro atoms. The van der Waals surface area contributed by atoms with Gasteiger partial charge in [-0.15, -0.1) is 5.10 Å². The first-order valence-electron chi connectivity index (χ1n) is 10.3. The van der Waals surface area contributed by atoms with E-state index in [2.05, 4.69) is 50.3 Å². The van der Waals surface area contributed by atoms with Crippen LogP contribution in [-0.2, 0) is 11.3 Å². The number of H-pyrrole nitrogens is 1. The van der Waals surface area contributed by atoms with Crippen LogP contribution in [0.2, 0.25) is 0 Å². The summed E-state index contributed by atoms with van der Waals surface area (Å²) >= 11 is 0. The summed E-state index contributed by atoms with van der Waals surface area (Å²) in [6.07, 6.45) is 0. The van der Waals surface area contributed by atoms with Crippen molar-refractivity contribution in [2.45, 2.75) is 26.4 Å². The number of aromatic amines is 1. The molecule has 0 radical (unpaired) electrons. The molecule has 1 aliphatic rings. The van der Waals surface area contributed by atoms with Crippen LogP contribution in [0.5, 0.6) is 0 Å². The van der Waals surface area contributed by atoms with Crippen molar-refractivity contribution >= 4 is 10.9 Å². The minimum atomic E-state index is -0.321. The normalized spacial score (nSPS) is 16.9. The lowest BCUT2D eigenvalue weighted by Crippen LogP contribution is -2.47. The minimum absolute atomic E-state index is 0.0959. The zero-order valence-corrected chi connectivity index (χ0v) is 18.1. The summed E-state index contributed by atoms with van der Waals surface area (Å²) in [4.78, 5) is 21.0. The quantitative estimate of drug-likeness (QED) is 0.650. The lowest BCUT2D eigenvalue weighted by Gasteiger charge is -2.37. The van der Waals surface area contributed by atoms with Gasteiger partial charge in [0.1, 0.15) is 6.04 Å². The third kappa shape index (κ3) is 3.88. The number of benzene rings is 1. The highest BCUT2D eigenvalue weighted by Gasteiger charge is 2.32.